The molecule has 4 atom stereocenters. The summed E-state index contributed by atoms with van der Waals surface area (Å²) in [5, 5.41) is 13.4. The van der Waals surface area contributed by atoms with Crippen LogP contribution in [0.4, 0.5) is 5.82 Å². The Morgan fingerprint density at radius 2 is 2.00 bits per heavy atom. The van der Waals surface area contributed by atoms with E-state index in [0.717, 1.165) is 38.5 Å². The highest BCUT2D eigenvalue weighted by Crippen LogP contribution is 2.51. The highest BCUT2D eigenvalue weighted by molar-refractivity contribution is 6.28. The molecular weight excluding hydrogens is 530 g/mol. The highest BCUT2D eigenvalue weighted by atomic mass is 35.5. The summed E-state index contributed by atoms with van der Waals surface area (Å²) in [5.74, 6) is 1.96. The number of hydrogen-bond donors (Lipinski definition) is 2. The quantitative estimate of drug-likeness (QED) is 0.307. The van der Waals surface area contributed by atoms with Crippen LogP contribution in [0.25, 0.3) is 11.2 Å². The number of carbonyl (C=O) groups excluding carboxylic acids is 3. The second-order valence-electron chi connectivity index (χ2n) is 10.9. The lowest BCUT2D eigenvalue weighted by Crippen LogP contribution is -2.47. The van der Waals surface area contributed by atoms with E-state index in [1.165, 1.54) is 10.9 Å². The molecule has 2 saturated heterocycles. The van der Waals surface area contributed by atoms with Crippen molar-refractivity contribution in [3.63, 3.8) is 0 Å². The Hall–Kier alpha value is -3.27. The molecule has 206 valence electrons. The molecule has 2 N–H and O–H groups in total. The Morgan fingerprint density at radius 3 is 2.67 bits per heavy atom. The first kappa shape index (κ1) is 26.0. The fraction of sp³-hybridized carbons (Fsp3) is 0.615. The van der Waals surface area contributed by atoms with Gasteiger partial charge in [0.05, 0.1) is 11.7 Å². The van der Waals surface area contributed by atoms with E-state index < -0.39 is 41.3 Å². The molecule has 3 aliphatic carbocycles. The van der Waals surface area contributed by atoms with Crippen molar-refractivity contribution in [3.05, 3.63) is 11.6 Å². The minimum Gasteiger partial charge on any atom is -0.461 e. The molecular formula is C26H28ClN5O7. The average molecular weight is 558 g/mol. The zero-order chi connectivity index (χ0) is 27.4. The molecule has 0 aromatic carbocycles. The topological polar surface area (TPSA) is 155 Å². The number of nitrogens with one attached hydrogen (secondary N) is 1. The van der Waals surface area contributed by atoms with Crippen LogP contribution >= 0.6 is 11.6 Å². The van der Waals surface area contributed by atoms with E-state index in [0.29, 0.717) is 5.92 Å². The average Bonchev–Trinajstić information content (AvgIpc) is 3.65. The molecule has 13 heteroatoms. The van der Waals surface area contributed by atoms with Gasteiger partial charge in [0.15, 0.2) is 28.7 Å². The fourth-order valence-corrected chi connectivity index (χ4v) is 6.36. The number of aromatic nitrogens is 4. The maximum atomic E-state index is 13.1. The van der Waals surface area contributed by atoms with Gasteiger partial charge in [0.25, 0.3) is 5.91 Å². The molecule has 2 aromatic rings. The number of halogens is 1. The molecule has 2 bridgehead atoms. The number of ether oxygens (including phenoxy) is 3. The van der Waals surface area contributed by atoms with Crippen LogP contribution in [0.5, 0.6) is 0 Å². The number of rotatable bonds is 6. The van der Waals surface area contributed by atoms with Crippen molar-refractivity contribution in [1.29, 1.82) is 0 Å². The van der Waals surface area contributed by atoms with Crippen molar-refractivity contribution in [2.45, 2.75) is 81.8 Å². The number of aliphatic hydroxyl groups is 1. The fourth-order valence-electron chi connectivity index (χ4n) is 6.20. The standard InChI is InChI=1S/C26H28ClN5O7/c1-2-26(12-37-23(36)25-8-5-14(6-9-25)7-10-25)16(33)11-17(39-26)32-13-28-19-20(30-24(27)31-21(19)32)29-22(35)15-3-4-18(34)38-15/h1,13-17,33H,3-12H2,(H,29,30,31,35)/t14?,15-,16+,17-,25?,26-/m1/s1. The minimum absolute atomic E-state index is 0.0360. The predicted molar refractivity (Wildman–Crippen MR) is 135 cm³/mol. The maximum absolute atomic E-state index is 13.1. The summed E-state index contributed by atoms with van der Waals surface area (Å²) < 4.78 is 18.4. The van der Waals surface area contributed by atoms with Crippen LogP contribution in [0.3, 0.4) is 0 Å². The van der Waals surface area contributed by atoms with E-state index in [4.69, 9.17) is 32.2 Å². The number of amides is 1. The van der Waals surface area contributed by atoms with Gasteiger partial charge in [-0.2, -0.15) is 9.97 Å². The van der Waals surface area contributed by atoms with Crippen LogP contribution in [-0.2, 0) is 28.6 Å². The van der Waals surface area contributed by atoms with Crippen LogP contribution in [0.2, 0.25) is 5.28 Å². The van der Waals surface area contributed by atoms with Gasteiger partial charge in [0.1, 0.15) is 18.9 Å². The largest absolute Gasteiger partial charge is 0.461 e. The molecule has 1 amide bonds. The molecule has 5 aliphatic rings. The summed E-state index contributed by atoms with van der Waals surface area (Å²) in [6, 6.07) is 0. The van der Waals surface area contributed by atoms with Crippen LogP contribution in [0, 0.1) is 23.7 Å². The van der Waals surface area contributed by atoms with E-state index in [-0.39, 0.29) is 54.1 Å². The molecule has 7 rings (SSSR count). The van der Waals surface area contributed by atoms with E-state index in [9.17, 15) is 19.5 Å². The number of hydrogen-bond acceptors (Lipinski definition) is 10. The number of nitrogens with zero attached hydrogens (tertiary/aromatic N) is 4. The van der Waals surface area contributed by atoms with Gasteiger partial charge in [-0.25, -0.2) is 4.98 Å². The molecule has 4 heterocycles. The molecule has 2 aromatic heterocycles. The summed E-state index contributed by atoms with van der Waals surface area (Å²) >= 11 is 6.15. The van der Waals surface area contributed by atoms with Gasteiger partial charge in [0, 0.05) is 19.3 Å². The summed E-state index contributed by atoms with van der Waals surface area (Å²) in [6.45, 7) is -0.283. The van der Waals surface area contributed by atoms with E-state index in [2.05, 4.69) is 26.2 Å². The third kappa shape index (κ3) is 4.52. The Bertz CT molecular complexity index is 1370. The maximum Gasteiger partial charge on any atom is 0.312 e. The van der Waals surface area contributed by atoms with Crippen LogP contribution in [-0.4, -0.2) is 66.9 Å². The van der Waals surface area contributed by atoms with E-state index >= 15 is 0 Å². The van der Waals surface area contributed by atoms with Crippen LogP contribution in [0.15, 0.2) is 6.33 Å². The number of imidazole rings is 1. The Morgan fingerprint density at radius 1 is 1.26 bits per heavy atom. The lowest BCUT2D eigenvalue weighted by atomic mass is 9.61. The molecule has 3 saturated carbocycles. The predicted octanol–water partition coefficient (Wildman–Crippen LogP) is 2.29. The molecule has 2 aliphatic heterocycles. The summed E-state index contributed by atoms with van der Waals surface area (Å²) in [4.78, 5) is 49.7. The van der Waals surface area contributed by atoms with Crippen molar-refractivity contribution in [1.82, 2.24) is 19.5 Å². The zero-order valence-electron chi connectivity index (χ0n) is 21.1. The van der Waals surface area contributed by atoms with Gasteiger partial charge in [-0.05, 0) is 56.0 Å². The molecule has 12 nitrogen and oxygen atoms in total. The molecule has 0 unspecified atom stereocenters. The Balaban J connectivity index is 1.19. The second-order valence-corrected chi connectivity index (χ2v) is 11.2. The van der Waals surface area contributed by atoms with Crippen LogP contribution in [0.1, 0.15) is 64.0 Å². The second kappa shape index (κ2) is 9.73. The zero-order valence-corrected chi connectivity index (χ0v) is 21.9. The number of anilines is 1. The van der Waals surface area contributed by atoms with Crippen molar-refractivity contribution in [2.75, 3.05) is 11.9 Å². The Kier molecular flexibility index (Phi) is 6.48. The summed E-state index contributed by atoms with van der Waals surface area (Å²) in [6.07, 6.45) is 10.4. The third-order valence-corrected chi connectivity index (χ3v) is 8.79. The molecule has 39 heavy (non-hydrogen) atoms. The minimum atomic E-state index is -1.56. The number of fused-ring (bicyclic) bond motifs is 4. The lowest BCUT2D eigenvalue weighted by molar-refractivity contribution is -0.173. The third-order valence-electron chi connectivity index (χ3n) is 8.62. The SMILES string of the molecule is C#C[C@]1(COC(=O)C23CCC(CC2)CC3)O[C@@H](n2cnc3c(NC(=O)[C@H]4CCC(=O)O4)nc(Cl)nc32)C[C@@H]1O. The van der Waals surface area contributed by atoms with Crippen molar-refractivity contribution < 1.29 is 33.7 Å². The lowest BCUT2D eigenvalue weighted by Gasteiger charge is -2.44. The molecule has 0 spiro atoms. The smallest absolute Gasteiger partial charge is 0.312 e. The number of terminal acetylenes is 1. The van der Waals surface area contributed by atoms with Gasteiger partial charge in [-0.1, -0.05) is 5.92 Å². The van der Waals surface area contributed by atoms with Crippen molar-refractivity contribution >= 4 is 46.4 Å². The number of carbonyl (C=O) groups is 3. The van der Waals surface area contributed by atoms with Crippen molar-refractivity contribution in [2.24, 2.45) is 11.3 Å². The first-order valence-electron chi connectivity index (χ1n) is 13.1. The van der Waals surface area contributed by atoms with E-state index in [1.54, 1.807) is 0 Å². The summed E-state index contributed by atoms with van der Waals surface area (Å²) in [7, 11) is 0. The summed E-state index contributed by atoms with van der Waals surface area (Å²) in [5.41, 5.74) is -1.58. The van der Waals surface area contributed by atoms with Gasteiger partial charge in [-0.15, -0.1) is 6.42 Å². The highest BCUT2D eigenvalue weighted by Gasteiger charge is 2.52. The normalized spacial score (nSPS) is 33.6. The number of aliphatic hydroxyl groups excluding tert-OH is 1. The Labute approximate surface area is 228 Å². The first-order valence-corrected chi connectivity index (χ1v) is 13.5. The number of cyclic esters (lactones) is 1. The molecule has 5 fully saturated rings. The van der Waals surface area contributed by atoms with Crippen LogP contribution < -0.4 is 5.32 Å². The van der Waals surface area contributed by atoms with E-state index in [1.807, 2.05) is 0 Å². The van der Waals surface area contributed by atoms with Crippen molar-refractivity contribution in [3.8, 4) is 12.3 Å². The monoisotopic (exact) mass is 557 g/mol. The first-order chi connectivity index (χ1) is 18.7. The van der Waals surface area contributed by atoms with Gasteiger partial charge in [-0.3, -0.25) is 19.0 Å². The van der Waals surface area contributed by atoms with Gasteiger partial charge >= 0.3 is 11.9 Å². The number of esters is 2. The van der Waals surface area contributed by atoms with Gasteiger partial charge in [0.2, 0.25) is 5.28 Å². The van der Waals surface area contributed by atoms with Gasteiger partial charge < -0.3 is 24.6 Å². The molecule has 0 radical (unpaired) electrons.